The van der Waals surface area contributed by atoms with E-state index in [-0.39, 0.29) is 60.3 Å². The van der Waals surface area contributed by atoms with Crippen LogP contribution in [0.3, 0.4) is 0 Å². The van der Waals surface area contributed by atoms with Gasteiger partial charge >= 0.3 is 15.5 Å². The minimum atomic E-state index is -9.87. The van der Waals surface area contributed by atoms with Crippen LogP contribution in [0.1, 0.15) is 49.5 Å². The van der Waals surface area contributed by atoms with Gasteiger partial charge in [-0.25, -0.2) is 19.2 Å². The van der Waals surface area contributed by atoms with Gasteiger partial charge in [0.05, 0.1) is 36.7 Å². The van der Waals surface area contributed by atoms with Crippen LogP contribution in [0.15, 0.2) is 22.2 Å². The van der Waals surface area contributed by atoms with Gasteiger partial charge < -0.3 is 15.3 Å². The second-order valence-corrected chi connectivity index (χ2v) is 13.6. The molecular weight excluding hydrogens is 553 g/mol. The molecule has 0 radical (unpaired) electrons. The molecule has 1 saturated carbocycles. The smallest absolute Gasteiger partial charge is 0.331 e. The van der Waals surface area contributed by atoms with Crippen LogP contribution in [0.25, 0.3) is 0 Å². The van der Waals surface area contributed by atoms with Crippen LogP contribution in [-0.4, -0.2) is 59.7 Å². The Balaban J connectivity index is 1.36. The Kier molecular flexibility index (Phi) is 5.61. The number of aromatic nitrogens is 4. The molecule has 0 amide bonds. The van der Waals surface area contributed by atoms with Crippen molar-refractivity contribution in [3.63, 3.8) is 0 Å². The van der Waals surface area contributed by atoms with Crippen molar-refractivity contribution >= 4 is 32.8 Å². The summed E-state index contributed by atoms with van der Waals surface area (Å²) in [4.78, 5) is 15.0. The molecule has 206 valence electrons. The van der Waals surface area contributed by atoms with Crippen LogP contribution in [0.2, 0.25) is 0 Å². The summed E-state index contributed by atoms with van der Waals surface area (Å²) in [5.74, 6) is -0.326. The summed E-state index contributed by atoms with van der Waals surface area (Å²) in [5, 5.41) is 9.32. The van der Waals surface area contributed by atoms with Gasteiger partial charge in [0.1, 0.15) is 32.2 Å². The summed E-state index contributed by atoms with van der Waals surface area (Å²) in [6.07, 6.45) is 2.01. The Morgan fingerprint density at radius 2 is 1.70 bits per heavy atom. The lowest BCUT2D eigenvalue weighted by Gasteiger charge is -2.42. The van der Waals surface area contributed by atoms with E-state index in [1.807, 2.05) is 0 Å². The van der Waals surface area contributed by atoms with Crippen LogP contribution >= 0.6 is 10.2 Å². The third-order valence-electron chi connectivity index (χ3n) is 6.99. The van der Waals surface area contributed by atoms with Crippen LogP contribution in [0, 0.1) is 0 Å². The fraction of sp³-hybridized carbons (Fsp3) is 0.600. The molecule has 17 heteroatoms. The molecule has 1 atom stereocenters. The van der Waals surface area contributed by atoms with Crippen molar-refractivity contribution in [2.45, 2.75) is 65.0 Å². The van der Waals surface area contributed by atoms with Crippen LogP contribution in [0.5, 0.6) is 0 Å². The van der Waals surface area contributed by atoms with E-state index in [0.29, 0.717) is 25.7 Å². The largest absolute Gasteiger partial charge is 0.394 e. The highest BCUT2D eigenvalue weighted by Gasteiger charge is 2.66. The number of alkyl halides is 2. The summed E-state index contributed by atoms with van der Waals surface area (Å²) >= 11 is 0. The molecule has 4 heterocycles. The van der Waals surface area contributed by atoms with E-state index in [0.717, 1.165) is 6.42 Å². The number of rotatable bonds is 6. The molecule has 2 fully saturated rings. The van der Waals surface area contributed by atoms with E-state index in [1.165, 1.54) is 0 Å². The fourth-order valence-electron chi connectivity index (χ4n) is 4.69. The fourth-order valence-corrected chi connectivity index (χ4v) is 6.36. The van der Waals surface area contributed by atoms with E-state index >= 15 is 0 Å². The maximum absolute atomic E-state index is 14.3. The van der Waals surface area contributed by atoms with Crippen molar-refractivity contribution in [2.75, 3.05) is 29.9 Å². The Morgan fingerprint density at radius 1 is 1.08 bits per heavy atom. The number of hydrogen-bond acceptors (Lipinski definition) is 8. The zero-order valence-electron chi connectivity index (χ0n) is 19.1. The summed E-state index contributed by atoms with van der Waals surface area (Å²) < 4.78 is 106. The summed E-state index contributed by atoms with van der Waals surface area (Å²) in [6.45, 7) is 0.275. The summed E-state index contributed by atoms with van der Waals surface area (Å²) in [7, 11) is -12.5. The Labute approximate surface area is 209 Å². The predicted molar refractivity (Wildman–Crippen MR) is 122 cm³/mol. The number of anilines is 2. The van der Waals surface area contributed by atoms with Crippen molar-refractivity contribution in [3.05, 3.63) is 23.9 Å². The van der Waals surface area contributed by atoms with Gasteiger partial charge in [0.25, 0.3) is 0 Å². The zero-order chi connectivity index (χ0) is 26.9. The average Bonchev–Trinajstić information content (AvgIpc) is 3.03. The number of hydrogen-bond donors (Lipinski definition) is 2. The van der Waals surface area contributed by atoms with Gasteiger partial charge in [-0.2, -0.15) is 13.8 Å². The normalized spacial score (nSPS) is 25.1. The summed E-state index contributed by atoms with van der Waals surface area (Å²) in [6, 6.07) is 0. The minimum Gasteiger partial charge on any atom is -0.394 e. The Morgan fingerprint density at radius 3 is 2.22 bits per heavy atom. The lowest BCUT2D eigenvalue weighted by Crippen LogP contribution is -2.49. The molecule has 0 aromatic carbocycles. The van der Waals surface area contributed by atoms with Gasteiger partial charge in [-0.05, 0) is 32.1 Å². The van der Waals surface area contributed by atoms with E-state index in [1.54, 1.807) is 4.90 Å². The molecule has 0 bridgehead atoms. The van der Waals surface area contributed by atoms with Gasteiger partial charge in [-0.15, -0.1) is 0 Å². The molecule has 37 heavy (non-hydrogen) atoms. The third kappa shape index (κ3) is 4.96. The number of halogens is 7. The standard InChI is InChI=1S/C20H23F7N6O2S2/c21-20(22)8-14-15(36(20)35)17(32-19(11-34)4-1-5-19)31-18(30-14)33-6-2-12(3-7-33)16-28-9-13(10-29-16)37(23,24,25,26)27/h9-10,12,34H,1-8,11H2,(H,30,31,32)/t36-/m1/s1. The SMILES string of the molecule is O=[S@@]1c2c(nc(N3CCC(c4ncc(S(F)(F)(F)(F)F)cn4)CC3)nc2NC2(CO)CCC2)CC1(F)F. The first kappa shape index (κ1) is 26.3. The molecular formula is C20H23F7N6O2S2. The van der Waals surface area contributed by atoms with Crippen LogP contribution in [0.4, 0.5) is 40.0 Å². The first-order valence-electron chi connectivity index (χ1n) is 11.4. The molecule has 1 aliphatic carbocycles. The van der Waals surface area contributed by atoms with Gasteiger partial charge in [0.15, 0.2) is 0 Å². The molecule has 1 saturated heterocycles. The number of aliphatic hydroxyl groups excluding tert-OH is 1. The van der Waals surface area contributed by atoms with Crippen molar-refractivity contribution in [2.24, 2.45) is 0 Å². The lowest BCUT2D eigenvalue weighted by molar-refractivity contribution is 0.104. The predicted octanol–water partition coefficient (Wildman–Crippen LogP) is 4.89. The maximum Gasteiger partial charge on any atom is 0.331 e. The average molecular weight is 577 g/mol. The molecule has 2 N–H and O–H groups in total. The number of piperidine rings is 1. The maximum atomic E-state index is 14.3. The van der Waals surface area contributed by atoms with Gasteiger partial charge in [-0.1, -0.05) is 19.4 Å². The van der Waals surface area contributed by atoms with Crippen molar-refractivity contribution in [1.29, 1.82) is 0 Å². The van der Waals surface area contributed by atoms with E-state index in [2.05, 4.69) is 25.3 Å². The van der Waals surface area contributed by atoms with E-state index in [9.17, 15) is 37.5 Å². The monoisotopic (exact) mass is 576 g/mol. The van der Waals surface area contributed by atoms with Gasteiger partial charge in [0, 0.05) is 19.0 Å². The van der Waals surface area contributed by atoms with Crippen molar-refractivity contribution in [3.8, 4) is 0 Å². The number of nitrogens with one attached hydrogen (secondary N) is 1. The van der Waals surface area contributed by atoms with E-state index < -0.39 is 49.1 Å². The Bertz CT molecular complexity index is 1250. The first-order valence-corrected chi connectivity index (χ1v) is 14.5. The van der Waals surface area contributed by atoms with Crippen LogP contribution in [-0.2, 0) is 17.2 Å². The molecule has 2 aromatic rings. The Hall–Kier alpha value is -2.27. The topological polar surface area (TPSA) is 104 Å². The van der Waals surface area contributed by atoms with Crippen molar-refractivity contribution < 1.29 is 37.5 Å². The van der Waals surface area contributed by atoms with E-state index in [4.69, 9.17) is 0 Å². The highest BCUT2D eigenvalue weighted by atomic mass is 32.5. The molecule has 5 rings (SSSR count). The lowest BCUT2D eigenvalue weighted by atomic mass is 9.77. The second-order valence-electron chi connectivity index (χ2n) is 9.66. The molecule has 0 unspecified atom stereocenters. The first-order chi connectivity index (χ1) is 17.0. The number of aliphatic hydroxyl groups is 1. The number of fused-ring (bicyclic) bond motifs is 1. The highest BCUT2D eigenvalue weighted by Crippen LogP contribution is 3.01. The molecule has 0 spiro atoms. The van der Waals surface area contributed by atoms with Crippen molar-refractivity contribution in [1.82, 2.24) is 19.9 Å². The minimum absolute atomic E-state index is 0.00705. The van der Waals surface area contributed by atoms with Gasteiger partial charge in [-0.3, -0.25) is 0 Å². The highest BCUT2D eigenvalue weighted by molar-refractivity contribution is 8.45. The third-order valence-corrected chi connectivity index (χ3v) is 9.58. The zero-order valence-corrected chi connectivity index (χ0v) is 20.8. The number of nitrogens with zero attached hydrogens (tertiary/aromatic N) is 5. The van der Waals surface area contributed by atoms with Crippen LogP contribution < -0.4 is 10.2 Å². The summed E-state index contributed by atoms with van der Waals surface area (Å²) in [5.41, 5.74) is -0.798. The molecule has 2 aromatic heterocycles. The van der Waals surface area contributed by atoms with Gasteiger partial charge in [0.2, 0.25) is 5.95 Å². The quantitative estimate of drug-likeness (QED) is 0.469. The second kappa shape index (κ2) is 7.88. The molecule has 3 aliphatic rings. The molecule has 8 nitrogen and oxygen atoms in total. The molecule has 2 aliphatic heterocycles.